The van der Waals surface area contributed by atoms with Crippen LogP contribution >= 0.6 is 0 Å². The minimum absolute atomic E-state index is 0.195. The molecule has 1 aliphatic rings. The zero-order valence-electron chi connectivity index (χ0n) is 13.0. The number of nitrogens with one attached hydrogen (secondary N) is 1. The molecule has 25 heavy (non-hydrogen) atoms. The number of rotatable bonds is 2. The smallest absolute Gasteiger partial charge is 0.273 e. The van der Waals surface area contributed by atoms with Gasteiger partial charge in [-0.15, -0.1) is 0 Å². The van der Waals surface area contributed by atoms with Crippen molar-refractivity contribution in [2.45, 2.75) is 0 Å². The van der Waals surface area contributed by atoms with E-state index in [4.69, 9.17) is 9.47 Å². The molecule has 0 spiro atoms. The minimum atomic E-state index is -0.195. The maximum atomic E-state index is 12.5. The Hall–Kier alpha value is -3.61. The largest absolute Gasteiger partial charge is 0.454 e. The maximum Gasteiger partial charge on any atom is 0.273 e. The lowest BCUT2D eigenvalue weighted by atomic mass is 10.1. The fourth-order valence-corrected chi connectivity index (χ4v) is 2.90. The van der Waals surface area contributed by atoms with Crippen LogP contribution in [0.3, 0.4) is 0 Å². The molecule has 5 rings (SSSR count). The highest BCUT2D eigenvalue weighted by Gasteiger charge is 2.16. The van der Waals surface area contributed by atoms with Gasteiger partial charge in [0.15, 0.2) is 17.1 Å². The number of benzene rings is 1. The molecule has 7 nitrogen and oxygen atoms in total. The fourth-order valence-electron chi connectivity index (χ4n) is 2.90. The average molecular weight is 332 g/mol. The lowest BCUT2D eigenvalue weighted by Crippen LogP contribution is -2.14. The van der Waals surface area contributed by atoms with Crippen LogP contribution in [-0.2, 0) is 0 Å². The second-order valence-electron chi connectivity index (χ2n) is 5.61. The summed E-state index contributed by atoms with van der Waals surface area (Å²) in [4.78, 5) is 21.5. The topological polar surface area (TPSA) is 81.5 Å². The SMILES string of the molecule is O=c1cc(-c2ccc3c(c2)OCO3)nc2c(-c3ccccn3)c[nH]n12. The molecule has 0 fully saturated rings. The Labute approximate surface area is 141 Å². The first kappa shape index (κ1) is 13.8. The molecule has 0 radical (unpaired) electrons. The maximum absolute atomic E-state index is 12.5. The summed E-state index contributed by atoms with van der Waals surface area (Å²) in [6.45, 7) is 0.204. The molecular formula is C18H12N4O3. The standard InChI is InChI=1S/C18H12N4O3/c23-17-8-14(11-4-5-15-16(7-11)25-10-24-15)21-18-12(9-20-22(17)18)13-3-1-2-6-19-13/h1-9,20H,10H2. The van der Waals surface area contributed by atoms with Gasteiger partial charge in [0, 0.05) is 24.0 Å². The van der Waals surface area contributed by atoms with Gasteiger partial charge in [0.25, 0.3) is 5.56 Å². The molecule has 122 valence electrons. The molecule has 0 amide bonds. The summed E-state index contributed by atoms with van der Waals surface area (Å²) in [5.74, 6) is 1.34. The molecule has 0 aliphatic carbocycles. The summed E-state index contributed by atoms with van der Waals surface area (Å²) in [7, 11) is 0. The third kappa shape index (κ3) is 2.17. The molecule has 0 bridgehead atoms. The first-order chi connectivity index (χ1) is 12.3. The summed E-state index contributed by atoms with van der Waals surface area (Å²) < 4.78 is 12.1. The van der Waals surface area contributed by atoms with Gasteiger partial charge in [0.1, 0.15) is 0 Å². The summed E-state index contributed by atoms with van der Waals surface area (Å²) in [6.07, 6.45) is 3.44. The van der Waals surface area contributed by atoms with Crippen molar-refractivity contribution in [2.24, 2.45) is 0 Å². The molecule has 1 N–H and O–H groups in total. The number of ether oxygens (including phenoxy) is 2. The van der Waals surface area contributed by atoms with Gasteiger partial charge in [0.05, 0.1) is 17.0 Å². The monoisotopic (exact) mass is 332 g/mol. The van der Waals surface area contributed by atoms with Crippen molar-refractivity contribution >= 4 is 5.65 Å². The highest BCUT2D eigenvalue weighted by molar-refractivity contribution is 5.76. The fraction of sp³-hybridized carbons (Fsp3) is 0.0556. The van der Waals surface area contributed by atoms with Crippen molar-refractivity contribution in [1.29, 1.82) is 0 Å². The normalized spacial score (nSPS) is 12.6. The van der Waals surface area contributed by atoms with Crippen molar-refractivity contribution in [2.75, 3.05) is 6.79 Å². The van der Waals surface area contributed by atoms with E-state index in [1.807, 2.05) is 36.4 Å². The van der Waals surface area contributed by atoms with E-state index in [1.54, 1.807) is 12.4 Å². The molecule has 0 saturated heterocycles. The number of aromatic nitrogens is 4. The Kier molecular flexibility index (Phi) is 2.87. The number of nitrogens with zero attached hydrogens (tertiary/aromatic N) is 3. The number of fused-ring (bicyclic) bond motifs is 2. The van der Waals surface area contributed by atoms with Crippen molar-refractivity contribution in [1.82, 2.24) is 19.6 Å². The van der Waals surface area contributed by atoms with Gasteiger partial charge in [-0.3, -0.25) is 14.9 Å². The van der Waals surface area contributed by atoms with Crippen LogP contribution in [0.2, 0.25) is 0 Å². The number of hydrogen-bond acceptors (Lipinski definition) is 5. The molecule has 4 heterocycles. The first-order valence-electron chi connectivity index (χ1n) is 7.72. The van der Waals surface area contributed by atoms with Gasteiger partial charge in [-0.2, -0.15) is 0 Å². The predicted octanol–water partition coefficient (Wildman–Crippen LogP) is 2.48. The van der Waals surface area contributed by atoms with E-state index in [0.29, 0.717) is 22.8 Å². The summed E-state index contributed by atoms with van der Waals surface area (Å²) in [6, 6.07) is 12.6. The van der Waals surface area contributed by atoms with Gasteiger partial charge in [0.2, 0.25) is 6.79 Å². The molecule has 0 atom stereocenters. The minimum Gasteiger partial charge on any atom is -0.454 e. The van der Waals surface area contributed by atoms with E-state index in [2.05, 4.69) is 15.1 Å². The molecule has 0 saturated carbocycles. The first-order valence-corrected chi connectivity index (χ1v) is 7.72. The van der Waals surface area contributed by atoms with Crippen molar-refractivity contribution < 1.29 is 9.47 Å². The van der Waals surface area contributed by atoms with Crippen LogP contribution in [0.25, 0.3) is 28.2 Å². The van der Waals surface area contributed by atoms with E-state index < -0.39 is 0 Å². The van der Waals surface area contributed by atoms with Crippen molar-refractivity contribution in [3.05, 3.63) is 65.2 Å². The number of H-pyrrole nitrogens is 1. The highest BCUT2D eigenvalue weighted by Crippen LogP contribution is 2.35. The van der Waals surface area contributed by atoms with Crippen LogP contribution in [0.15, 0.2) is 59.7 Å². The number of hydrogen-bond donors (Lipinski definition) is 1. The quantitative estimate of drug-likeness (QED) is 0.610. The lowest BCUT2D eigenvalue weighted by molar-refractivity contribution is 0.174. The van der Waals surface area contributed by atoms with Crippen LogP contribution in [0.5, 0.6) is 11.5 Å². The van der Waals surface area contributed by atoms with Crippen LogP contribution in [0, 0.1) is 0 Å². The van der Waals surface area contributed by atoms with Gasteiger partial charge in [-0.25, -0.2) is 9.50 Å². The van der Waals surface area contributed by atoms with E-state index in [0.717, 1.165) is 16.8 Å². The Morgan fingerprint density at radius 1 is 1.04 bits per heavy atom. The molecular weight excluding hydrogens is 320 g/mol. The van der Waals surface area contributed by atoms with Crippen LogP contribution in [0.4, 0.5) is 0 Å². The third-order valence-electron chi connectivity index (χ3n) is 4.11. The third-order valence-corrected chi connectivity index (χ3v) is 4.11. The predicted molar refractivity (Wildman–Crippen MR) is 90.6 cm³/mol. The second-order valence-corrected chi connectivity index (χ2v) is 5.61. The van der Waals surface area contributed by atoms with Crippen LogP contribution in [-0.4, -0.2) is 26.4 Å². The molecule has 4 aromatic rings. The molecule has 1 aliphatic heterocycles. The highest BCUT2D eigenvalue weighted by atomic mass is 16.7. The Balaban J connectivity index is 1.71. The zero-order valence-corrected chi connectivity index (χ0v) is 13.0. The lowest BCUT2D eigenvalue weighted by Gasteiger charge is -2.04. The summed E-state index contributed by atoms with van der Waals surface area (Å²) >= 11 is 0. The van der Waals surface area contributed by atoms with Gasteiger partial charge in [-0.05, 0) is 30.3 Å². The summed E-state index contributed by atoms with van der Waals surface area (Å²) in [5.41, 5.74) is 3.20. The second kappa shape index (κ2) is 5.20. The number of aromatic amines is 1. The van der Waals surface area contributed by atoms with Crippen LogP contribution in [0.1, 0.15) is 0 Å². The molecule has 3 aromatic heterocycles. The zero-order chi connectivity index (χ0) is 16.8. The Morgan fingerprint density at radius 2 is 1.96 bits per heavy atom. The van der Waals surface area contributed by atoms with E-state index >= 15 is 0 Å². The molecule has 0 unspecified atom stereocenters. The van der Waals surface area contributed by atoms with Crippen molar-refractivity contribution in [3.63, 3.8) is 0 Å². The van der Waals surface area contributed by atoms with Crippen LogP contribution < -0.4 is 15.0 Å². The van der Waals surface area contributed by atoms with E-state index in [1.165, 1.54) is 10.6 Å². The Bertz CT molecular complexity index is 1150. The Morgan fingerprint density at radius 3 is 2.84 bits per heavy atom. The number of pyridine rings is 1. The molecule has 1 aromatic carbocycles. The van der Waals surface area contributed by atoms with Gasteiger partial charge < -0.3 is 9.47 Å². The molecule has 7 heteroatoms. The summed E-state index contributed by atoms with van der Waals surface area (Å²) in [5, 5.41) is 2.93. The van der Waals surface area contributed by atoms with E-state index in [-0.39, 0.29) is 12.4 Å². The average Bonchev–Trinajstić information content (AvgIpc) is 3.28. The van der Waals surface area contributed by atoms with Gasteiger partial charge >= 0.3 is 0 Å². The van der Waals surface area contributed by atoms with Crippen molar-refractivity contribution in [3.8, 4) is 34.0 Å². The van der Waals surface area contributed by atoms with E-state index in [9.17, 15) is 4.79 Å². The van der Waals surface area contributed by atoms with Gasteiger partial charge in [-0.1, -0.05) is 6.07 Å².